The molecule has 1 rings (SSSR count). The van der Waals surface area contributed by atoms with Gasteiger partial charge in [0.2, 0.25) is 10.0 Å². The van der Waals surface area contributed by atoms with Crippen molar-refractivity contribution in [3.63, 3.8) is 0 Å². The van der Waals surface area contributed by atoms with Crippen molar-refractivity contribution in [2.24, 2.45) is 0 Å². The molecular formula is C10H16N2O3S. The Morgan fingerprint density at radius 1 is 1.44 bits per heavy atom. The average Bonchev–Trinajstić information content (AvgIpc) is 2.20. The molecule has 0 aliphatic heterocycles. The maximum Gasteiger partial charge on any atom is 0.235 e. The monoisotopic (exact) mass is 244 g/mol. The first-order valence-electron chi connectivity index (χ1n) is 4.80. The second kappa shape index (κ2) is 5.18. The number of methoxy groups -OCH3 is 1. The molecular weight excluding hydrogens is 228 g/mol. The molecule has 0 radical (unpaired) electrons. The van der Waals surface area contributed by atoms with Crippen molar-refractivity contribution in [3.05, 3.63) is 23.8 Å². The van der Waals surface area contributed by atoms with E-state index in [4.69, 9.17) is 10.5 Å². The smallest absolute Gasteiger partial charge is 0.235 e. The summed E-state index contributed by atoms with van der Waals surface area (Å²) in [6.45, 7) is 1.98. The average molecular weight is 244 g/mol. The maximum atomic E-state index is 11.6. The number of ether oxygens (including phenoxy) is 1. The van der Waals surface area contributed by atoms with Crippen molar-refractivity contribution in [3.8, 4) is 0 Å². The van der Waals surface area contributed by atoms with Crippen LogP contribution in [0.3, 0.4) is 0 Å². The fraction of sp³-hybridized carbons (Fsp3) is 0.400. The van der Waals surface area contributed by atoms with Gasteiger partial charge in [-0.1, -0.05) is 6.07 Å². The summed E-state index contributed by atoms with van der Waals surface area (Å²) in [4.78, 5) is 0. The van der Waals surface area contributed by atoms with Crippen molar-refractivity contribution in [1.29, 1.82) is 0 Å². The summed E-state index contributed by atoms with van der Waals surface area (Å²) in [5.74, 6) is -0.0717. The molecule has 0 amide bonds. The minimum absolute atomic E-state index is 0.0717. The molecule has 0 saturated heterocycles. The number of hydrogen-bond donors (Lipinski definition) is 2. The lowest BCUT2D eigenvalue weighted by Crippen LogP contribution is -2.20. The van der Waals surface area contributed by atoms with Gasteiger partial charge in [-0.3, -0.25) is 4.72 Å². The third-order valence-corrected chi connectivity index (χ3v) is 3.32. The first-order chi connectivity index (χ1) is 7.44. The van der Waals surface area contributed by atoms with Crippen LogP contribution in [0.1, 0.15) is 5.56 Å². The highest BCUT2D eigenvalue weighted by molar-refractivity contribution is 7.92. The number of rotatable bonds is 5. The molecule has 3 N–H and O–H groups in total. The lowest BCUT2D eigenvalue weighted by molar-refractivity contribution is 0.217. The summed E-state index contributed by atoms with van der Waals surface area (Å²) in [7, 11) is -1.91. The van der Waals surface area contributed by atoms with Crippen LogP contribution < -0.4 is 10.5 Å². The van der Waals surface area contributed by atoms with Crippen LogP contribution in [0.25, 0.3) is 0 Å². The summed E-state index contributed by atoms with van der Waals surface area (Å²) < 4.78 is 30.4. The number of benzene rings is 1. The molecule has 0 aromatic heterocycles. The van der Waals surface area contributed by atoms with Gasteiger partial charge in [0.25, 0.3) is 0 Å². The van der Waals surface area contributed by atoms with Crippen molar-refractivity contribution >= 4 is 21.4 Å². The van der Waals surface area contributed by atoms with Gasteiger partial charge in [-0.2, -0.15) is 0 Å². The molecule has 0 aliphatic rings. The van der Waals surface area contributed by atoms with Crippen molar-refractivity contribution < 1.29 is 13.2 Å². The second-order valence-electron chi connectivity index (χ2n) is 3.49. The summed E-state index contributed by atoms with van der Waals surface area (Å²) in [5, 5.41) is 0. The van der Waals surface area contributed by atoms with Gasteiger partial charge in [-0.15, -0.1) is 0 Å². The molecule has 0 atom stereocenters. The largest absolute Gasteiger partial charge is 0.399 e. The summed E-state index contributed by atoms with van der Waals surface area (Å²) in [6.07, 6.45) is 0. The molecule has 90 valence electrons. The van der Waals surface area contributed by atoms with Gasteiger partial charge in [0.1, 0.15) is 0 Å². The Morgan fingerprint density at radius 3 is 2.75 bits per heavy atom. The van der Waals surface area contributed by atoms with E-state index in [-0.39, 0.29) is 12.4 Å². The predicted molar refractivity (Wildman–Crippen MR) is 64.9 cm³/mol. The molecule has 0 heterocycles. The first-order valence-corrected chi connectivity index (χ1v) is 6.45. The van der Waals surface area contributed by atoms with Crippen LogP contribution in [0.15, 0.2) is 18.2 Å². The molecule has 0 bridgehead atoms. The quantitative estimate of drug-likeness (QED) is 0.756. The van der Waals surface area contributed by atoms with E-state index in [1.54, 1.807) is 18.2 Å². The highest BCUT2D eigenvalue weighted by atomic mass is 32.2. The fourth-order valence-corrected chi connectivity index (χ4v) is 2.20. The van der Waals surface area contributed by atoms with Crippen LogP contribution in [0.5, 0.6) is 0 Å². The molecule has 0 fully saturated rings. The molecule has 0 aliphatic carbocycles. The van der Waals surface area contributed by atoms with Gasteiger partial charge in [0, 0.05) is 12.8 Å². The van der Waals surface area contributed by atoms with E-state index in [0.29, 0.717) is 11.4 Å². The molecule has 0 unspecified atom stereocenters. The number of aryl methyl sites for hydroxylation is 1. The van der Waals surface area contributed by atoms with Gasteiger partial charge < -0.3 is 10.5 Å². The van der Waals surface area contributed by atoms with Crippen molar-refractivity contribution in [1.82, 2.24) is 0 Å². The summed E-state index contributed by atoms with van der Waals surface area (Å²) >= 11 is 0. The Morgan fingerprint density at radius 2 is 2.12 bits per heavy atom. The van der Waals surface area contributed by atoms with Crippen molar-refractivity contribution in [2.45, 2.75) is 6.92 Å². The Labute approximate surface area is 95.7 Å². The zero-order valence-electron chi connectivity index (χ0n) is 9.36. The normalized spacial score (nSPS) is 11.4. The Bertz CT molecular complexity index is 457. The minimum atomic E-state index is -3.37. The van der Waals surface area contributed by atoms with Crippen LogP contribution in [-0.2, 0) is 14.8 Å². The molecule has 6 heteroatoms. The summed E-state index contributed by atoms with van der Waals surface area (Å²) in [6, 6.07) is 5.09. The molecule has 1 aromatic rings. The van der Waals surface area contributed by atoms with E-state index in [9.17, 15) is 8.42 Å². The van der Waals surface area contributed by atoms with Crippen LogP contribution in [0.4, 0.5) is 11.4 Å². The topological polar surface area (TPSA) is 81.4 Å². The third-order valence-electron chi connectivity index (χ3n) is 2.08. The van der Waals surface area contributed by atoms with E-state index in [1.165, 1.54) is 7.11 Å². The van der Waals surface area contributed by atoms with Crippen LogP contribution in [0.2, 0.25) is 0 Å². The van der Waals surface area contributed by atoms with Gasteiger partial charge in [-0.25, -0.2) is 8.42 Å². The van der Waals surface area contributed by atoms with E-state index < -0.39 is 10.0 Å². The van der Waals surface area contributed by atoms with Gasteiger partial charge in [-0.05, 0) is 24.6 Å². The lowest BCUT2D eigenvalue weighted by Gasteiger charge is -2.10. The lowest BCUT2D eigenvalue weighted by atomic mass is 10.2. The molecule has 5 nitrogen and oxygen atoms in total. The number of nitrogens with one attached hydrogen (secondary N) is 1. The van der Waals surface area contributed by atoms with Crippen LogP contribution in [0, 0.1) is 6.92 Å². The molecule has 16 heavy (non-hydrogen) atoms. The minimum Gasteiger partial charge on any atom is -0.399 e. The third kappa shape index (κ3) is 3.71. The highest BCUT2D eigenvalue weighted by Gasteiger charge is 2.11. The molecule has 0 spiro atoms. The number of hydrogen-bond acceptors (Lipinski definition) is 4. The Hall–Kier alpha value is -1.27. The Balaban J connectivity index is 2.83. The standard InChI is InChI=1S/C10H16N2O3S/c1-8-3-4-9(11)7-10(8)12-16(13,14)6-5-15-2/h3-4,7,12H,5-6,11H2,1-2H3. The number of nitrogen functional groups attached to an aromatic ring is 1. The van der Waals surface area contributed by atoms with Gasteiger partial charge in [0.05, 0.1) is 18.0 Å². The molecule has 0 saturated carbocycles. The first kappa shape index (κ1) is 12.8. The SMILES string of the molecule is COCCS(=O)(=O)Nc1cc(N)ccc1C. The van der Waals surface area contributed by atoms with E-state index >= 15 is 0 Å². The Kier molecular flexibility index (Phi) is 4.14. The van der Waals surface area contributed by atoms with Crippen LogP contribution in [-0.4, -0.2) is 27.9 Å². The number of anilines is 2. The van der Waals surface area contributed by atoms with E-state index in [2.05, 4.69) is 4.72 Å². The maximum absolute atomic E-state index is 11.6. The van der Waals surface area contributed by atoms with Crippen molar-refractivity contribution in [2.75, 3.05) is 29.9 Å². The van der Waals surface area contributed by atoms with E-state index in [0.717, 1.165) is 5.56 Å². The zero-order chi connectivity index (χ0) is 12.2. The van der Waals surface area contributed by atoms with Gasteiger partial charge >= 0.3 is 0 Å². The van der Waals surface area contributed by atoms with Gasteiger partial charge in [0.15, 0.2) is 0 Å². The fourth-order valence-electron chi connectivity index (χ4n) is 1.16. The molecule has 1 aromatic carbocycles. The predicted octanol–water partition coefficient (Wildman–Crippen LogP) is 0.965. The number of sulfonamides is 1. The summed E-state index contributed by atoms with van der Waals surface area (Å²) in [5.41, 5.74) is 7.45. The zero-order valence-corrected chi connectivity index (χ0v) is 10.2. The van der Waals surface area contributed by atoms with Crippen LogP contribution >= 0.6 is 0 Å². The van der Waals surface area contributed by atoms with E-state index in [1.807, 2.05) is 6.92 Å². The second-order valence-corrected chi connectivity index (χ2v) is 5.33. The number of nitrogens with two attached hydrogens (primary N) is 1. The highest BCUT2D eigenvalue weighted by Crippen LogP contribution is 2.19.